The first-order valence-corrected chi connectivity index (χ1v) is 10.9. The van der Waals surface area contributed by atoms with Crippen LogP contribution in [0.25, 0.3) is 0 Å². The number of rotatable bonds is 5. The summed E-state index contributed by atoms with van der Waals surface area (Å²) in [5, 5.41) is 24.3. The number of anilines is 1. The Morgan fingerprint density at radius 1 is 1.00 bits per heavy atom. The maximum atomic E-state index is 10.9. The minimum absolute atomic E-state index is 0.101. The summed E-state index contributed by atoms with van der Waals surface area (Å²) < 4.78 is 1.88. The Bertz CT molecular complexity index is 1070. The van der Waals surface area contributed by atoms with Gasteiger partial charge in [0.2, 0.25) is 0 Å². The quantitative estimate of drug-likeness (QED) is 0.425. The second-order valence-electron chi connectivity index (χ2n) is 8.87. The highest BCUT2D eigenvalue weighted by atomic mass is 35.5. The zero-order valence-electron chi connectivity index (χ0n) is 18.3. The summed E-state index contributed by atoms with van der Waals surface area (Å²) in [5.41, 5.74) is 1.91. The summed E-state index contributed by atoms with van der Waals surface area (Å²) in [6.07, 6.45) is 0. The van der Waals surface area contributed by atoms with Gasteiger partial charge in [0.15, 0.2) is 5.82 Å². The van der Waals surface area contributed by atoms with Crippen molar-refractivity contribution in [3.8, 4) is 0 Å². The third kappa shape index (κ3) is 4.58. The predicted molar refractivity (Wildman–Crippen MR) is 123 cm³/mol. The van der Waals surface area contributed by atoms with E-state index in [9.17, 15) is 10.1 Å². The molecule has 1 aromatic heterocycles. The molecule has 1 aliphatic rings. The second kappa shape index (κ2) is 8.84. The fourth-order valence-electron chi connectivity index (χ4n) is 4.03. The standard InChI is InChI=1S/C22H26ClN7O2/c1-22(2,3)29-21(24-25-26-29)20(16-4-6-17(23)7-5-16)28-14-12-27(13-15-28)18-8-10-19(11-9-18)30(31)32/h4-11,20H,12-15H2,1-3H3/t20-/m0/s1. The van der Waals surface area contributed by atoms with Crippen molar-refractivity contribution in [1.82, 2.24) is 25.1 Å². The van der Waals surface area contributed by atoms with E-state index in [4.69, 9.17) is 11.6 Å². The summed E-state index contributed by atoms with van der Waals surface area (Å²) in [7, 11) is 0. The van der Waals surface area contributed by atoms with Crippen molar-refractivity contribution in [2.24, 2.45) is 0 Å². The molecule has 4 rings (SSSR count). The second-order valence-corrected chi connectivity index (χ2v) is 9.31. The Morgan fingerprint density at radius 3 is 2.19 bits per heavy atom. The van der Waals surface area contributed by atoms with Gasteiger partial charge in [0.25, 0.3) is 5.69 Å². The van der Waals surface area contributed by atoms with Crippen LogP contribution in [0.3, 0.4) is 0 Å². The van der Waals surface area contributed by atoms with Crippen LogP contribution in [-0.4, -0.2) is 56.2 Å². The highest BCUT2D eigenvalue weighted by Gasteiger charge is 2.33. The molecule has 0 unspecified atom stereocenters. The molecule has 1 fully saturated rings. The van der Waals surface area contributed by atoms with Gasteiger partial charge in [-0.05, 0) is 61.0 Å². The smallest absolute Gasteiger partial charge is 0.269 e. The van der Waals surface area contributed by atoms with Crippen LogP contribution in [-0.2, 0) is 5.54 Å². The fraction of sp³-hybridized carbons (Fsp3) is 0.409. The van der Waals surface area contributed by atoms with Crippen LogP contribution < -0.4 is 4.90 Å². The Labute approximate surface area is 191 Å². The lowest BCUT2D eigenvalue weighted by atomic mass is 10.0. The number of aromatic nitrogens is 4. The topological polar surface area (TPSA) is 93.2 Å². The Kier molecular flexibility index (Phi) is 6.12. The van der Waals surface area contributed by atoms with Crippen molar-refractivity contribution in [2.45, 2.75) is 32.4 Å². The van der Waals surface area contributed by atoms with Crippen molar-refractivity contribution in [3.05, 3.63) is 75.1 Å². The van der Waals surface area contributed by atoms with Crippen molar-refractivity contribution < 1.29 is 4.92 Å². The molecule has 2 aromatic carbocycles. The lowest BCUT2D eigenvalue weighted by Crippen LogP contribution is -2.48. The first kappa shape index (κ1) is 22.2. The van der Waals surface area contributed by atoms with E-state index in [1.807, 2.05) is 41.1 Å². The number of tetrazole rings is 1. The van der Waals surface area contributed by atoms with Gasteiger partial charge in [0, 0.05) is 49.0 Å². The van der Waals surface area contributed by atoms with Gasteiger partial charge in [-0.1, -0.05) is 23.7 Å². The van der Waals surface area contributed by atoms with Crippen molar-refractivity contribution in [3.63, 3.8) is 0 Å². The Balaban J connectivity index is 1.59. The minimum atomic E-state index is -0.377. The van der Waals surface area contributed by atoms with Gasteiger partial charge in [-0.25, -0.2) is 4.68 Å². The molecule has 3 aromatic rings. The maximum Gasteiger partial charge on any atom is 0.269 e. The average molecular weight is 456 g/mol. The van der Waals surface area contributed by atoms with Gasteiger partial charge < -0.3 is 4.90 Å². The third-order valence-electron chi connectivity index (χ3n) is 5.66. The molecular formula is C22H26ClN7O2. The van der Waals surface area contributed by atoms with Crippen molar-refractivity contribution in [2.75, 3.05) is 31.1 Å². The number of nitrogens with zero attached hydrogens (tertiary/aromatic N) is 7. The summed E-state index contributed by atoms with van der Waals surface area (Å²) in [4.78, 5) is 15.2. The maximum absolute atomic E-state index is 10.9. The van der Waals surface area contributed by atoms with Gasteiger partial charge in [-0.3, -0.25) is 15.0 Å². The normalized spacial score (nSPS) is 16.2. The molecule has 0 bridgehead atoms. The van der Waals surface area contributed by atoms with Crippen LogP contribution in [0, 0.1) is 10.1 Å². The van der Waals surface area contributed by atoms with Crippen LogP contribution in [0.15, 0.2) is 48.5 Å². The number of hydrogen-bond acceptors (Lipinski definition) is 7. The van der Waals surface area contributed by atoms with Gasteiger partial charge in [-0.2, -0.15) is 0 Å². The number of non-ortho nitro benzene ring substituents is 1. The molecule has 0 spiro atoms. The van der Waals surface area contributed by atoms with E-state index in [0.717, 1.165) is 43.3 Å². The fourth-order valence-corrected chi connectivity index (χ4v) is 4.16. The molecule has 168 valence electrons. The third-order valence-corrected chi connectivity index (χ3v) is 5.92. The zero-order chi connectivity index (χ0) is 22.9. The first-order chi connectivity index (χ1) is 15.2. The largest absolute Gasteiger partial charge is 0.369 e. The molecule has 0 N–H and O–H groups in total. The molecule has 0 aliphatic carbocycles. The first-order valence-electron chi connectivity index (χ1n) is 10.5. The number of nitro groups is 1. The van der Waals surface area contributed by atoms with Gasteiger partial charge >= 0.3 is 0 Å². The minimum Gasteiger partial charge on any atom is -0.369 e. The number of piperazine rings is 1. The number of hydrogen-bond donors (Lipinski definition) is 0. The van der Waals surface area contributed by atoms with E-state index in [0.29, 0.717) is 5.02 Å². The van der Waals surface area contributed by atoms with Crippen molar-refractivity contribution >= 4 is 23.0 Å². The molecule has 2 heterocycles. The summed E-state index contributed by atoms with van der Waals surface area (Å²) >= 11 is 6.14. The van der Waals surface area contributed by atoms with Crippen LogP contribution in [0.5, 0.6) is 0 Å². The molecule has 0 saturated carbocycles. The van der Waals surface area contributed by atoms with Crippen LogP contribution in [0.1, 0.15) is 38.2 Å². The molecule has 1 atom stereocenters. The molecule has 10 heteroatoms. The lowest BCUT2D eigenvalue weighted by molar-refractivity contribution is -0.384. The molecule has 32 heavy (non-hydrogen) atoms. The van der Waals surface area contributed by atoms with Crippen LogP contribution >= 0.6 is 11.6 Å². The van der Waals surface area contributed by atoms with E-state index in [2.05, 4.69) is 46.1 Å². The molecule has 0 amide bonds. The Hall–Kier alpha value is -3.04. The number of halogens is 1. The molecule has 9 nitrogen and oxygen atoms in total. The molecular weight excluding hydrogens is 430 g/mol. The average Bonchev–Trinajstić information content (AvgIpc) is 3.26. The van der Waals surface area contributed by atoms with Gasteiger partial charge in [0.05, 0.1) is 16.5 Å². The van der Waals surface area contributed by atoms with E-state index < -0.39 is 0 Å². The highest BCUT2D eigenvalue weighted by Crippen LogP contribution is 2.32. The van der Waals surface area contributed by atoms with Crippen molar-refractivity contribution in [1.29, 1.82) is 0 Å². The zero-order valence-corrected chi connectivity index (χ0v) is 19.1. The van der Waals surface area contributed by atoms with E-state index in [1.54, 1.807) is 12.1 Å². The number of nitro benzene ring substituents is 1. The SMILES string of the molecule is CC(C)(C)n1nnnc1[C@H](c1ccc(Cl)cc1)N1CCN(c2ccc([N+](=O)[O-])cc2)CC1. The van der Waals surface area contributed by atoms with Crippen LogP contribution in [0.2, 0.25) is 5.02 Å². The predicted octanol–water partition coefficient (Wildman–Crippen LogP) is 3.90. The van der Waals surface area contributed by atoms with Crippen LogP contribution in [0.4, 0.5) is 11.4 Å². The molecule has 1 aliphatic heterocycles. The van der Waals surface area contributed by atoms with Gasteiger partial charge in [0.1, 0.15) is 0 Å². The highest BCUT2D eigenvalue weighted by molar-refractivity contribution is 6.30. The molecule has 1 saturated heterocycles. The summed E-state index contributed by atoms with van der Waals surface area (Å²) in [6.45, 7) is 9.41. The summed E-state index contributed by atoms with van der Waals surface area (Å²) in [6, 6.07) is 14.4. The van der Waals surface area contributed by atoms with E-state index in [-0.39, 0.29) is 22.2 Å². The summed E-state index contributed by atoms with van der Waals surface area (Å²) in [5.74, 6) is 0.795. The monoisotopic (exact) mass is 455 g/mol. The van der Waals surface area contributed by atoms with E-state index >= 15 is 0 Å². The van der Waals surface area contributed by atoms with E-state index in [1.165, 1.54) is 0 Å². The molecule has 0 radical (unpaired) electrons. The van der Waals surface area contributed by atoms with Gasteiger partial charge in [-0.15, -0.1) is 5.10 Å². The number of benzene rings is 2. The Morgan fingerprint density at radius 2 is 1.62 bits per heavy atom. The lowest BCUT2D eigenvalue weighted by Gasteiger charge is -2.40.